The van der Waals surface area contributed by atoms with Crippen LogP contribution in [0, 0.1) is 5.92 Å². The number of nitrogens with zero attached hydrogens (tertiary/aromatic N) is 1. The van der Waals surface area contributed by atoms with Crippen LogP contribution in [0.1, 0.15) is 44.6 Å². The fourth-order valence-electron chi connectivity index (χ4n) is 2.45. The molecule has 20 heavy (non-hydrogen) atoms. The van der Waals surface area contributed by atoms with Gasteiger partial charge in [0.1, 0.15) is 0 Å². The highest BCUT2D eigenvalue weighted by molar-refractivity contribution is 6.30. The molecule has 1 amide bonds. The van der Waals surface area contributed by atoms with E-state index >= 15 is 0 Å². The molecule has 0 spiro atoms. The molecule has 1 aliphatic carbocycles. The van der Waals surface area contributed by atoms with Crippen LogP contribution in [0.15, 0.2) is 24.3 Å². The molecule has 0 atom stereocenters. The summed E-state index contributed by atoms with van der Waals surface area (Å²) in [6.07, 6.45) is 6.19. The summed E-state index contributed by atoms with van der Waals surface area (Å²) < 4.78 is 0. The van der Waals surface area contributed by atoms with Gasteiger partial charge in [0.25, 0.3) is 0 Å². The topological polar surface area (TPSA) is 20.3 Å². The highest BCUT2D eigenvalue weighted by Gasteiger charge is 2.25. The van der Waals surface area contributed by atoms with Crippen molar-refractivity contribution in [2.45, 2.75) is 45.4 Å². The third-order valence-corrected chi connectivity index (χ3v) is 4.04. The molecule has 2 rings (SSSR count). The van der Waals surface area contributed by atoms with Crippen molar-refractivity contribution >= 4 is 17.5 Å². The van der Waals surface area contributed by atoms with E-state index in [-0.39, 0.29) is 0 Å². The van der Waals surface area contributed by atoms with E-state index in [0.717, 1.165) is 43.3 Å². The van der Waals surface area contributed by atoms with Crippen LogP contribution < -0.4 is 0 Å². The van der Waals surface area contributed by atoms with Crippen LogP contribution in [0.5, 0.6) is 0 Å². The lowest BCUT2D eigenvalue weighted by molar-refractivity contribution is -0.131. The monoisotopic (exact) mass is 293 g/mol. The average molecular weight is 294 g/mol. The van der Waals surface area contributed by atoms with Gasteiger partial charge >= 0.3 is 0 Å². The standard InChI is InChI=1S/C17H24ClNO/c1-2-12-19(13-15-6-7-15)17(20)5-3-4-14-8-10-16(18)11-9-14/h8-11,15H,2-7,12-13H2,1H3. The van der Waals surface area contributed by atoms with Gasteiger partial charge in [-0.05, 0) is 55.7 Å². The van der Waals surface area contributed by atoms with E-state index in [4.69, 9.17) is 11.6 Å². The first-order chi connectivity index (χ1) is 9.69. The van der Waals surface area contributed by atoms with Crippen LogP contribution in [0.4, 0.5) is 0 Å². The van der Waals surface area contributed by atoms with Gasteiger partial charge in [0.2, 0.25) is 5.91 Å². The molecule has 0 unspecified atom stereocenters. The first-order valence-corrected chi connectivity index (χ1v) is 8.09. The van der Waals surface area contributed by atoms with Gasteiger partial charge in [-0.25, -0.2) is 0 Å². The van der Waals surface area contributed by atoms with Crippen LogP contribution in [0.2, 0.25) is 5.02 Å². The number of rotatable bonds is 8. The van der Waals surface area contributed by atoms with Gasteiger partial charge in [-0.1, -0.05) is 30.7 Å². The molecule has 110 valence electrons. The predicted molar refractivity (Wildman–Crippen MR) is 84.0 cm³/mol. The molecule has 1 fully saturated rings. The number of hydrogen-bond donors (Lipinski definition) is 0. The Morgan fingerprint density at radius 3 is 2.60 bits per heavy atom. The predicted octanol–water partition coefficient (Wildman–Crippen LogP) is 4.31. The summed E-state index contributed by atoms with van der Waals surface area (Å²) in [5, 5.41) is 0.767. The van der Waals surface area contributed by atoms with E-state index < -0.39 is 0 Å². The Labute approximate surface area is 127 Å². The Kier molecular flexibility index (Phi) is 5.90. The first-order valence-electron chi connectivity index (χ1n) is 7.71. The maximum atomic E-state index is 12.2. The van der Waals surface area contributed by atoms with E-state index in [0.29, 0.717) is 12.3 Å². The van der Waals surface area contributed by atoms with E-state index in [1.807, 2.05) is 24.3 Å². The molecule has 0 heterocycles. The SMILES string of the molecule is CCCN(CC1CC1)C(=O)CCCc1ccc(Cl)cc1. The minimum absolute atomic E-state index is 0.327. The van der Waals surface area contributed by atoms with Gasteiger partial charge in [0.15, 0.2) is 0 Å². The molecule has 1 aliphatic rings. The molecule has 0 N–H and O–H groups in total. The number of carbonyl (C=O) groups excluding carboxylic acids is 1. The van der Waals surface area contributed by atoms with Gasteiger partial charge in [0.05, 0.1) is 0 Å². The summed E-state index contributed by atoms with van der Waals surface area (Å²) in [5.41, 5.74) is 1.26. The Morgan fingerprint density at radius 1 is 1.30 bits per heavy atom. The van der Waals surface area contributed by atoms with Crippen molar-refractivity contribution in [2.24, 2.45) is 5.92 Å². The molecular weight excluding hydrogens is 270 g/mol. The van der Waals surface area contributed by atoms with Crippen molar-refractivity contribution in [1.82, 2.24) is 4.90 Å². The third kappa shape index (κ3) is 5.16. The first kappa shape index (κ1) is 15.4. The highest BCUT2D eigenvalue weighted by atomic mass is 35.5. The molecular formula is C17H24ClNO. The van der Waals surface area contributed by atoms with E-state index in [9.17, 15) is 4.79 Å². The summed E-state index contributed by atoms with van der Waals surface area (Å²) >= 11 is 5.87. The van der Waals surface area contributed by atoms with Crippen molar-refractivity contribution in [3.8, 4) is 0 Å². The summed E-state index contributed by atoms with van der Waals surface area (Å²) in [6, 6.07) is 7.91. The zero-order valence-electron chi connectivity index (χ0n) is 12.3. The van der Waals surface area contributed by atoms with Gasteiger partial charge < -0.3 is 4.90 Å². The normalized spacial score (nSPS) is 14.3. The molecule has 0 bridgehead atoms. The number of hydrogen-bond acceptors (Lipinski definition) is 1. The lowest BCUT2D eigenvalue weighted by atomic mass is 10.1. The largest absolute Gasteiger partial charge is 0.342 e. The van der Waals surface area contributed by atoms with Crippen molar-refractivity contribution in [1.29, 1.82) is 0 Å². The highest BCUT2D eigenvalue weighted by Crippen LogP contribution is 2.30. The number of carbonyl (C=O) groups is 1. The molecule has 0 radical (unpaired) electrons. The minimum Gasteiger partial charge on any atom is -0.342 e. The minimum atomic E-state index is 0.327. The molecule has 0 aromatic heterocycles. The van der Waals surface area contributed by atoms with Crippen LogP contribution in [-0.2, 0) is 11.2 Å². The number of halogens is 1. The summed E-state index contributed by atoms with van der Waals surface area (Å²) in [7, 11) is 0. The Bertz CT molecular complexity index is 425. The van der Waals surface area contributed by atoms with Crippen LogP contribution in [0.3, 0.4) is 0 Å². The van der Waals surface area contributed by atoms with Gasteiger partial charge in [0, 0.05) is 24.5 Å². The third-order valence-electron chi connectivity index (χ3n) is 3.79. The maximum Gasteiger partial charge on any atom is 0.222 e. The summed E-state index contributed by atoms with van der Waals surface area (Å²) in [4.78, 5) is 14.3. The fraction of sp³-hybridized carbons (Fsp3) is 0.588. The van der Waals surface area contributed by atoms with Crippen molar-refractivity contribution in [2.75, 3.05) is 13.1 Å². The zero-order chi connectivity index (χ0) is 14.4. The van der Waals surface area contributed by atoms with Crippen LogP contribution >= 0.6 is 11.6 Å². The van der Waals surface area contributed by atoms with Crippen LogP contribution in [-0.4, -0.2) is 23.9 Å². The molecule has 3 heteroatoms. The van der Waals surface area contributed by atoms with Crippen molar-refractivity contribution in [3.63, 3.8) is 0 Å². The van der Waals surface area contributed by atoms with E-state index in [1.54, 1.807) is 0 Å². The van der Waals surface area contributed by atoms with Gasteiger partial charge in [-0.15, -0.1) is 0 Å². The fourth-order valence-corrected chi connectivity index (χ4v) is 2.58. The van der Waals surface area contributed by atoms with Crippen molar-refractivity contribution in [3.05, 3.63) is 34.9 Å². The molecule has 0 saturated heterocycles. The smallest absolute Gasteiger partial charge is 0.222 e. The summed E-state index contributed by atoms with van der Waals surface area (Å²) in [5.74, 6) is 1.11. The molecule has 1 saturated carbocycles. The summed E-state index contributed by atoms with van der Waals surface area (Å²) in [6.45, 7) is 4.03. The number of aryl methyl sites for hydroxylation is 1. The average Bonchev–Trinajstić information content (AvgIpc) is 3.24. The Hall–Kier alpha value is -1.02. The Morgan fingerprint density at radius 2 is 2.00 bits per heavy atom. The maximum absolute atomic E-state index is 12.2. The molecule has 1 aromatic carbocycles. The van der Waals surface area contributed by atoms with Crippen molar-refractivity contribution < 1.29 is 4.79 Å². The van der Waals surface area contributed by atoms with Gasteiger partial charge in [-0.3, -0.25) is 4.79 Å². The second-order valence-corrected chi connectivity index (χ2v) is 6.20. The second-order valence-electron chi connectivity index (χ2n) is 5.76. The van der Waals surface area contributed by atoms with E-state index in [2.05, 4.69) is 11.8 Å². The van der Waals surface area contributed by atoms with E-state index in [1.165, 1.54) is 18.4 Å². The molecule has 1 aromatic rings. The quantitative estimate of drug-likeness (QED) is 0.699. The molecule has 2 nitrogen and oxygen atoms in total. The van der Waals surface area contributed by atoms with Crippen LogP contribution in [0.25, 0.3) is 0 Å². The second kappa shape index (κ2) is 7.68. The Balaban J connectivity index is 1.73. The number of amides is 1. The lowest BCUT2D eigenvalue weighted by Gasteiger charge is -2.22. The number of benzene rings is 1. The molecule has 0 aliphatic heterocycles. The lowest BCUT2D eigenvalue weighted by Crippen LogP contribution is -2.33. The van der Waals surface area contributed by atoms with Gasteiger partial charge in [-0.2, -0.15) is 0 Å². The zero-order valence-corrected chi connectivity index (χ0v) is 13.0.